The minimum atomic E-state index is -0.905. The monoisotopic (exact) mass is 534 g/mol. The van der Waals surface area contributed by atoms with Gasteiger partial charge in [-0.15, -0.1) is 0 Å². The van der Waals surface area contributed by atoms with E-state index in [4.69, 9.17) is 24.4 Å². The molecule has 0 bridgehead atoms. The number of hydrogen-bond acceptors (Lipinski definition) is 5. The van der Waals surface area contributed by atoms with Crippen LogP contribution in [-0.2, 0) is 32.0 Å². The number of carbonyl (C=O) groups is 1. The van der Waals surface area contributed by atoms with Crippen LogP contribution in [0, 0.1) is 11.8 Å². The van der Waals surface area contributed by atoms with Crippen LogP contribution in [0.1, 0.15) is 51.6 Å². The highest BCUT2D eigenvalue weighted by Gasteiger charge is 2.33. The van der Waals surface area contributed by atoms with Gasteiger partial charge in [-0.1, -0.05) is 30.3 Å². The Morgan fingerprint density at radius 3 is 2.56 bits per heavy atom. The second-order valence-corrected chi connectivity index (χ2v) is 10.7. The van der Waals surface area contributed by atoms with Gasteiger partial charge >= 0.3 is 5.97 Å². The Kier molecular flexibility index (Phi) is 8.45. The summed E-state index contributed by atoms with van der Waals surface area (Å²) in [6.45, 7) is 5.74. The van der Waals surface area contributed by atoms with E-state index in [1.165, 1.54) is 0 Å². The first-order chi connectivity index (χ1) is 16.3. The van der Waals surface area contributed by atoms with Crippen LogP contribution in [0.15, 0.2) is 34.8 Å². The minimum Gasteiger partial charge on any atom is -0.480 e. The molecule has 1 unspecified atom stereocenters. The van der Waals surface area contributed by atoms with Gasteiger partial charge in [0.05, 0.1) is 35.2 Å². The Morgan fingerprint density at radius 2 is 1.91 bits per heavy atom. The Labute approximate surface area is 209 Å². The number of nitrogens with zero attached hydrogens (tertiary/aromatic N) is 2. The molecular formula is C26H35BrN2O5. The number of benzene rings is 1. The predicted molar refractivity (Wildman–Crippen MR) is 132 cm³/mol. The SMILES string of the molecule is CC1(C)OCC(CCc2nn(CC3CCC(COCC(=O)O)CC3)c(-c3ccccc3)c2Br)O1. The average Bonchev–Trinajstić information content (AvgIpc) is 3.31. The van der Waals surface area contributed by atoms with Crippen molar-refractivity contribution in [1.29, 1.82) is 0 Å². The molecule has 0 spiro atoms. The smallest absolute Gasteiger partial charge is 0.329 e. The van der Waals surface area contributed by atoms with Crippen LogP contribution < -0.4 is 0 Å². The molecule has 2 heterocycles. The zero-order chi connectivity index (χ0) is 24.1. The van der Waals surface area contributed by atoms with Crippen molar-refractivity contribution in [3.63, 3.8) is 0 Å². The fraction of sp³-hybridized carbons (Fsp3) is 0.615. The number of aliphatic carboxylic acids is 1. The summed E-state index contributed by atoms with van der Waals surface area (Å²) in [6.07, 6.45) is 6.12. The third kappa shape index (κ3) is 6.68. The lowest BCUT2D eigenvalue weighted by Gasteiger charge is -2.28. The summed E-state index contributed by atoms with van der Waals surface area (Å²) in [5, 5.41) is 13.8. The highest BCUT2D eigenvalue weighted by molar-refractivity contribution is 9.10. The molecule has 2 aliphatic rings. The first-order valence-electron chi connectivity index (χ1n) is 12.2. The Balaban J connectivity index is 1.42. The van der Waals surface area contributed by atoms with Crippen molar-refractivity contribution >= 4 is 21.9 Å². The van der Waals surface area contributed by atoms with Crippen LogP contribution in [0.3, 0.4) is 0 Å². The maximum atomic E-state index is 10.7. The number of aryl methyl sites for hydroxylation is 1. The lowest BCUT2D eigenvalue weighted by atomic mass is 9.82. The Bertz CT molecular complexity index is 954. The van der Waals surface area contributed by atoms with E-state index < -0.39 is 11.8 Å². The molecule has 1 N–H and O–H groups in total. The summed E-state index contributed by atoms with van der Waals surface area (Å²) in [5.41, 5.74) is 3.35. The fourth-order valence-corrected chi connectivity index (χ4v) is 5.71. The quantitative estimate of drug-likeness (QED) is 0.445. The van der Waals surface area contributed by atoms with E-state index in [0.717, 1.165) is 66.5 Å². The molecule has 0 amide bonds. The molecule has 186 valence electrons. The maximum absolute atomic E-state index is 10.7. The molecule has 1 saturated carbocycles. The molecule has 1 aromatic carbocycles. The highest BCUT2D eigenvalue weighted by atomic mass is 79.9. The van der Waals surface area contributed by atoms with Crippen molar-refractivity contribution in [2.45, 2.75) is 70.8 Å². The van der Waals surface area contributed by atoms with E-state index in [1.807, 2.05) is 19.9 Å². The van der Waals surface area contributed by atoms with Gasteiger partial charge in [-0.05, 0) is 80.1 Å². The second-order valence-electron chi connectivity index (χ2n) is 9.94. The van der Waals surface area contributed by atoms with Gasteiger partial charge in [-0.3, -0.25) is 4.68 Å². The van der Waals surface area contributed by atoms with Crippen LogP contribution >= 0.6 is 15.9 Å². The first kappa shape index (κ1) is 25.4. The molecule has 1 saturated heterocycles. The van der Waals surface area contributed by atoms with Gasteiger partial charge in [0.1, 0.15) is 6.61 Å². The Hall–Kier alpha value is -1.74. The van der Waals surface area contributed by atoms with Crippen LogP contribution in [-0.4, -0.2) is 52.6 Å². The standard InChI is InChI=1S/C26H35BrN2O5/c1-26(2)33-16-21(34-26)12-13-22-24(27)25(20-6-4-3-5-7-20)29(28-22)14-18-8-10-19(11-9-18)15-32-17-23(30)31/h3-7,18-19,21H,8-17H2,1-2H3,(H,30,31). The number of aromatic nitrogens is 2. The van der Waals surface area contributed by atoms with Gasteiger partial charge in [0.25, 0.3) is 0 Å². The lowest BCUT2D eigenvalue weighted by Crippen LogP contribution is -2.23. The van der Waals surface area contributed by atoms with Crippen molar-refractivity contribution in [1.82, 2.24) is 9.78 Å². The van der Waals surface area contributed by atoms with Crippen molar-refractivity contribution < 1.29 is 24.1 Å². The van der Waals surface area contributed by atoms with E-state index in [2.05, 4.69) is 44.9 Å². The van der Waals surface area contributed by atoms with E-state index >= 15 is 0 Å². The second kappa shape index (κ2) is 11.3. The summed E-state index contributed by atoms with van der Waals surface area (Å²) in [7, 11) is 0. The molecule has 1 atom stereocenters. The van der Waals surface area contributed by atoms with Gasteiger partial charge in [-0.25, -0.2) is 4.79 Å². The minimum absolute atomic E-state index is 0.0887. The van der Waals surface area contributed by atoms with E-state index in [0.29, 0.717) is 25.0 Å². The normalized spacial score (nSPS) is 24.4. The van der Waals surface area contributed by atoms with E-state index in [9.17, 15) is 4.79 Å². The summed E-state index contributed by atoms with van der Waals surface area (Å²) < 4.78 is 20.3. The van der Waals surface area contributed by atoms with E-state index in [-0.39, 0.29) is 12.7 Å². The van der Waals surface area contributed by atoms with Gasteiger partial charge < -0.3 is 19.3 Å². The highest BCUT2D eigenvalue weighted by Crippen LogP contribution is 2.36. The van der Waals surface area contributed by atoms with Gasteiger partial charge in [0.15, 0.2) is 5.79 Å². The summed E-state index contributed by atoms with van der Waals surface area (Å²) in [5.74, 6) is -0.418. The topological polar surface area (TPSA) is 82.8 Å². The zero-order valence-electron chi connectivity index (χ0n) is 20.0. The number of hydrogen-bond donors (Lipinski definition) is 1. The number of carboxylic acid groups (broad SMARTS) is 1. The van der Waals surface area contributed by atoms with Crippen molar-refractivity contribution in [3.8, 4) is 11.3 Å². The first-order valence-corrected chi connectivity index (χ1v) is 13.0. The number of halogens is 1. The molecular weight excluding hydrogens is 500 g/mol. The van der Waals surface area contributed by atoms with Crippen LogP contribution in [0.4, 0.5) is 0 Å². The van der Waals surface area contributed by atoms with E-state index in [1.54, 1.807) is 0 Å². The van der Waals surface area contributed by atoms with Crippen molar-refractivity contribution in [3.05, 3.63) is 40.5 Å². The van der Waals surface area contributed by atoms with Crippen molar-refractivity contribution in [2.24, 2.45) is 11.8 Å². The van der Waals surface area contributed by atoms with Crippen molar-refractivity contribution in [2.75, 3.05) is 19.8 Å². The fourth-order valence-electron chi connectivity index (χ4n) is 4.99. The molecule has 4 rings (SSSR count). The van der Waals surface area contributed by atoms with Gasteiger partial charge in [0, 0.05) is 12.1 Å². The van der Waals surface area contributed by atoms with Gasteiger partial charge in [-0.2, -0.15) is 5.10 Å². The van der Waals surface area contributed by atoms with Gasteiger partial charge in [0.2, 0.25) is 0 Å². The Morgan fingerprint density at radius 1 is 1.21 bits per heavy atom. The van der Waals surface area contributed by atoms with Crippen LogP contribution in [0.2, 0.25) is 0 Å². The molecule has 1 aliphatic heterocycles. The third-order valence-electron chi connectivity index (χ3n) is 6.76. The van der Waals surface area contributed by atoms with Crippen LogP contribution in [0.25, 0.3) is 11.3 Å². The third-order valence-corrected chi connectivity index (χ3v) is 7.59. The molecule has 2 fully saturated rings. The summed E-state index contributed by atoms with van der Waals surface area (Å²) >= 11 is 3.87. The summed E-state index contributed by atoms with van der Waals surface area (Å²) in [6, 6.07) is 10.4. The zero-order valence-corrected chi connectivity index (χ0v) is 21.6. The average molecular weight is 535 g/mol. The summed E-state index contributed by atoms with van der Waals surface area (Å²) in [4.78, 5) is 10.7. The molecule has 2 aromatic rings. The number of rotatable bonds is 10. The number of carboxylic acids is 1. The molecule has 1 aliphatic carbocycles. The molecule has 34 heavy (non-hydrogen) atoms. The molecule has 7 nitrogen and oxygen atoms in total. The lowest BCUT2D eigenvalue weighted by molar-refractivity contribution is -0.142. The molecule has 0 radical (unpaired) electrons. The predicted octanol–water partition coefficient (Wildman–Crippen LogP) is 5.30. The van der Waals surface area contributed by atoms with Crippen LogP contribution in [0.5, 0.6) is 0 Å². The largest absolute Gasteiger partial charge is 0.480 e. The maximum Gasteiger partial charge on any atom is 0.329 e. The molecule has 8 heteroatoms. The molecule has 1 aromatic heterocycles. The number of ether oxygens (including phenoxy) is 3.